The zero-order valence-electron chi connectivity index (χ0n) is 10.9. The summed E-state index contributed by atoms with van der Waals surface area (Å²) in [6.07, 6.45) is 1.06. The van der Waals surface area contributed by atoms with Gasteiger partial charge in [-0.1, -0.05) is 0 Å². The lowest BCUT2D eigenvalue weighted by Crippen LogP contribution is -2.43. The molecule has 2 N–H and O–H groups in total. The van der Waals surface area contributed by atoms with Gasteiger partial charge in [-0.3, -0.25) is 0 Å². The summed E-state index contributed by atoms with van der Waals surface area (Å²) in [5.41, 5.74) is 0. The highest BCUT2D eigenvalue weighted by Gasteiger charge is 2.31. The summed E-state index contributed by atoms with van der Waals surface area (Å²) in [5.74, 6) is -0.0459. The molecule has 0 saturated carbocycles. The first-order valence-electron chi connectivity index (χ1n) is 5.44. The minimum absolute atomic E-state index is 0.0328. The van der Waals surface area contributed by atoms with Crippen molar-refractivity contribution in [2.24, 2.45) is 0 Å². The van der Waals surface area contributed by atoms with Crippen LogP contribution in [0.1, 0.15) is 13.8 Å². The quantitative estimate of drug-likeness (QED) is 0.824. The summed E-state index contributed by atoms with van der Waals surface area (Å²) in [5, 5.41) is 9.09. The third-order valence-corrected chi connectivity index (χ3v) is 6.41. The van der Waals surface area contributed by atoms with Gasteiger partial charge in [0, 0.05) is 12.8 Å². The molecule has 8 heteroatoms. The largest absolute Gasteiger partial charge is 0.508 e. The van der Waals surface area contributed by atoms with Gasteiger partial charge in [0.25, 0.3) is 0 Å². The molecular weight excluding hydrogens is 290 g/mol. The molecule has 108 valence electrons. The molecule has 6 nitrogen and oxygen atoms in total. The molecule has 0 aliphatic rings. The van der Waals surface area contributed by atoms with Gasteiger partial charge >= 0.3 is 0 Å². The number of benzene rings is 1. The van der Waals surface area contributed by atoms with E-state index in [2.05, 4.69) is 4.72 Å². The molecule has 0 radical (unpaired) electrons. The van der Waals surface area contributed by atoms with E-state index in [1.165, 1.54) is 38.1 Å². The number of hydrogen-bond acceptors (Lipinski definition) is 5. The summed E-state index contributed by atoms with van der Waals surface area (Å²) in [6, 6.07) is 4.97. The van der Waals surface area contributed by atoms with Crippen LogP contribution in [-0.4, -0.2) is 39.5 Å². The number of aromatic hydroxyl groups is 1. The Morgan fingerprint density at radius 3 is 2.00 bits per heavy atom. The lowest BCUT2D eigenvalue weighted by molar-refractivity contribution is 0.474. The van der Waals surface area contributed by atoms with Crippen LogP contribution in [-0.2, 0) is 19.9 Å². The molecule has 0 amide bonds. The van der Waals surface area contributed by atoms with Crippen molar-refractivity contribution in [2.45, 2.75) is 23.5 Å². The van der Waals surface area contributed by atoms with Gasteiger partial charge in [0.1, 0.15) is 5.75 Å². The maximum Gasteiger partial charge on any atom is 0.240 e. The zero-order valence-corrected chi connectivity index (χ0v) is 12.5. The molecule has 0 spiro atoms. The maximum absolute atomic E-state index is 11.9. The number of sulfonamides is 1. The van der Waals surface area contributed by atoms with E-state index in [9.17, 15) is 16.8 Å². The van der Waals surface area contributed by atoms with Gasteiger partial charge < -0.3 is 5.11 Å². The topological polar surface area (TPSA) is 101 Å². The fraction of sp³-hybridized carbons (Fsp3) is 0.455. The SMILES string of the molecule is CC(C)(CNS(=O)(=O)c1ccc(O)cc1)S(C)(=O)=O. The van der Waals surface area contributed by atoms with Crippen molar-refractivity contribution < 1.29 is 21.9 Å². The number of rotatable bonds is 5. The summed E-state index contributed by atoms with van der Waals surface area (Å²) >= 11 is 0. The normalized spacial score (nSPS) is 13.4. The fourth-order valence-electron chi connectivity index (χ4n) is 1.11. The number of sulfone groups is 1. The molecule has 19 heavy (non-hydrogen) atoms. The number of phenols is 1. The van der Waals surface area contributed by atoms with Crippen LogP contribution in [0.4, 0.5) is 0 Å². The lowest BCUT2D eigenvalue weighted by atomic mass is 10.2. The van der Waals surface area contributed by atoms with Gasteiger partial charge in [-0.25, -0.2) is 21.6 Å². The lowest BCUT2D eigenvalue weighted by Gasteiger charge is -2.22. The Labute approximate surface area is 113 Å². The monoisotopic (exact) mass is 307 g/mol. The summed E-state index contributed by atoms with van der Waals surface area (Å²) in [6.45, 7) is 2.67. The second-order valence-electron chi connectivity index (χ2n) is 4.85. The van der Waals surface area contributed by atoms with E-state index in [-0.39, 0.29) is 17.2 Å². The van der Waals surface area contributed by atoms with Crippen molar-refractivity contribution in [2.75, 3.05) is 12.8 Å². The molecule has 0 unspecified atom stereocenters. The van der Waals surface area contributed by atoms with E-state index < -0.39 is 24.6 Å². The second-order valence-corrected chi connectivity index (χ2v) is 9.27. The Morgan fingerprint density at radius 1 is 1.11 bits per heavy atom. The molecule has 0 saturated heterocycles. The highest BCUT2D eigenvalue weighted by molar-refractivity contribution is 7.92. The van der Waals surface area contributed by atoms with Crippen molar-refractivity contribution in [1.29, 1.82) is 0 Å². The van der Waals surface area contributed by atoms with Crippen molar-refractivity contribution in [3.8, 4) is 5.75 Å². The molecule has 0 heterocycles. The fourth-order valence-corrected chi connectivity index (χ4v) is 2.75. The van der Waals surface area contributed by atoms with E-state index in [1.54, 1.807) is 0 Å². The molecule has 0 aliphatic heterocycles. The van der Waals surface area contributed by atoms with Crippen LogP contribution < -0.4 is 4.72 Å². The molecule has 1 rings (SSSR count). The van der Waals surface area contributed by atoms with Crippen LogP contribution in [0.5, 0.6) is 5.75 Å². The molecule has 1 aromatic carbocycles. The van der Waals surface area contributed by atoms with Gasteiger partial charge in [-0.05, 0) is 38.1 Å². The third kappa shape index (κ3) is 3.92. The average Bonchev–Trinajstić information content (AvgIpc) is 2.26. The van der Waals surface area contributed by atoms with E-state index in [0.29, 0.717) is 0 Å². The van der Waals surface area contributed by atoms with E-state index in [0.717, 1.165) is 6.26 Å². The van der Waals surface area contributed by atoms with Gasteiger partial charge in [-0.15, -0.1) is 0 Å². The molecule has 0 aliphatic carbocycles. The van der Waals surface area contributed by atoms with Gasteiger partial charge in [0.2, 0.25) is 10.0 Å². The Morgan fingerprint density at radius 2 is 1.58 bits per heavy atom. The Bertz CT molecular complexity index is 645. The molecule has 0 aromatic heterocycles. The number of hydrogen-bond donors (Lipinski definition) is 2. The minimum Gasteiger partial charge on any atom is -0.508 e. The Balaban J connectivity index is 2.91. The summed E-state index contributed by atoms with van der Waals surface area (Å²) in [7, 11) is -7.18. The first-order chi connectivity index (χ1) is 8.46. The van der Waals surface area contributed by atoms with E-state index >= 15 is 0 Å². The summed E-state index contributed by atoms with van der Waals surface area (Å²) < 4.78 is 47.9. The van der Waals surface area contributed by atoms with Gasteiger partial charge in [0.05, 0.1) is 9.64 Å². The molecule has 0 bridgehead atoms. The standard InChI is InChI=1S/C11H17NO5S2/c1-11(2,18(3,14)15)8-12-19(16,17)10-6-4-9(13)5-7-10/h4-7,12-13H,8H2,1-3H3. The van der Waals surface area contributed by atoms with Gasteiger partial charge in [-0.2, -0.15) is 0 Å². The predicted molar refractivity (Wildman–Crippen MR) is 72.2 cm³/mol. The minimum atomic E-state index is -3.80. The van der Waals surface area contributed by atoms with Crippen LogP contribution in [0.3, 0.4) is 0 Å². The highest BCUT2D eigenvalue weighted by atomic mass is 32.2. The van der Waals surface area contributed by atoms with Crippen LogP contribution >= 0.6 is 0 Å². The van der Waals surface area contributed by atoms with Crippen molar-refractivity contribution in [3.63, 3.8) is 0 Å². The predicted octanol–water partition coefficient (Wildman–Crippen LogP) is 0.494. The zero-order chi connectivity index (χ0) is 14.9. The van der Waals surface area contributed by atoms with E-state index in [4.69, 9.17) is 5.11 Å². The second kappa shape index (κ2) is 5.10. The smallest absolute Gasteiger partial charge is 0.240 e. The Hall–Kier alpha value is -1.12. The van der Waals surface area contributed by atoms with Crippen molar-refractivity contribution in [1.82, 2.24) is 4.72 Å². The van der Waals surface area contributed by atoms with Crippen molar-refractivity contribution in [3.05, 3.63) is 24.3 Å². The van der Waals surface area contributed by atoms with Crippen molar-refractivity contribution >= 4 is 19.9 Å². The van der Waals surface area contributed by atoms with Crippen LogP contribution in [0.25, 0.3) is 0 Å². The molecule has 1 aromatic rings. The van der Waals surface area contributed by atoms with E-state index in [1.807, 2.05) is 0 Å². The first kappa shape index (κ1) is 15.9. The first-order valence-corrected chi connectivity index (χ1v) is 8.81. The maximum atomic E-state index is 11.9. The molecular formula is C11H17NO5S2. The number of nitrogens with one attached hydrogen (secondary N) is 1. The number of phenolic OH excluding ortho intramolecular Hbond substituents is 1. The van der Waals surface area contributed by atoms with Crippen LogP contribution in [0.2, 0.25) is 0 Å². The molecule has 0 fully saturated rings. The average molecular weight is 307 g/mol. The van der Waals surface area contributed by atoms with Crippen LogP contribution in [0.15, 0.2) is 29.2 Å². The summed E-state index contributed by atoms with van der Waals surface area (Å²) in [4.78, 5) is -0.0328. The Kier molecular flexibility index (Phi) is 4.28. The highest BCUT2D eigenvalue weighted by Crippen LogP contribution is 2.17. The molecule has 0 atom stereocenters. The van der Waals surface area contributed by atoms with Crippen LogP contribution in [0, 0.1) is 0 Å². The van der Waals surface area contributed by atoms with Gasteiger partial charge in [0.15, 0.2) is 9.84 Å². The third-order valence-electron chi connectivity index (χ3n) is 2.84.